The van der Waals surface area contributed by atoms with Crippen LogP contribution in [0.15, 0.2) is 10.7 Å². The number of rotatable bonds is 2. The second kappa shape index (κ2) is 3.87. The fourth-order valence-corrected chi connectivity index (χ4v) is 1.35. The summed E-state index contributed by atoms with van der Waals surface area (Å²) in [5.74, 6) is -1.54. The van der Waals surface area contributed by atoms with Gasteiger partial charge in [0, 0.05) is 0 Å². The maximum Gasteiger partial charge on any atom is 0.267 e. The summed E-state index contributed by atoms with van der Waals surface area (Å²) in [5.41, 5.74) is 3.59. The monoisotopic (exact) mass is 266 g/mol. The maximum absolute atomic E-state index is 12.4. The number of halogens is 3. The molecule has 7 heteroatoms. The lowest BCUT2D eigenvalue weighted by atomic mass is 10.2. The molecule has 14 heavy (non-hydrogen) atoms. The van der Waals surface area contributed by atoms with Gasteiger partial charge in [-0.1, -0.05) is 0 Å². The summed E-state index contributed by atoms with van der Waals surface area (Å²) in [4.78, 5) is 14.0. The number of alkyl halides is 2. The average molecular weight is 267 g/mol. The van der Waals surface area contributed by atoms with Crippen molar-refractivity contribution < 1.29 is 18.7 Å². The lowest BCUT2D eigenvalue weighted by molar-refractivity contribution is 0.0979. The van der Waals surface area contributed by atoms with Gasteiger partial charge in [0.15, 0.2) is 0 Å². The van der Waals surface area contributed by atoms with Gasteiger partial charge in [-0.05, 0) is 15.9 Å². The van der Waals surface area contributed by atoms with Crippen LogP contribution in [0.25, 0.3) is 0 Å². The molecule has 0 saturated heterocycles. The predicted octanol–water partition coefficient (Wildman–Crippen LogP) is 1.59. The highest BCUT2D eigenvalue weighted by atomic mass is 79.9. The first-order chi connectivity index (χ1) is 6.45. The molecule has 1 amide bonds. The minimum atomic E-state index is -2.94. The summed E-state index contributed by atoms with van der Waals surface area (Å²) >= 11 is 2.72. The molecule has 1 heterocycles. The normalized spacial score (nSPS) is 10.6. The van der Waals surface area contributed by atoms with Crippen LogP contribution in [0.4, 0.5) is 8.78 Å². The van der Waals surface area contributed by atoms with Crippen LogP contribution in [0.3, 0.4) is 0 Å². The van der Waals surface area contributed by atoms with Crippen molar-refractivity contribution in [2.75, 3.05) is 0 Å². The quantitative estimate of drug-likeness (QED) is 0.854. The standard InChI is InChI=1S/C7H5BrF2N2O2/c8-4-2(13)1-12-5(7(11)14)3(4)6(9)10/h1,6,13H,(H2,11,14). The number of carbonyl (C=O) groups excluding carboxylic acids is 1. The van der Waals surface area contributed by atoms with Crippen molar-refractivity contribution in [3.63, 3.8) is 0 Å². The molecule has 0 radical (unpaired) electrons. The van der Waals surface area contributed by atoms with Crippen molar-refractivity contribution in [1.82, 2.24) is 4.98 Å². The molecule has 0 aliphatic heterocycles. The van der Waals surface area contributed by atoms with Crippen molar-refractivity contribution in [1.29, 1.82) is 0 Å². The third-order valence-corrected chi connectivity index (χ3v) is 2.32. The van der Waals surface area contributed by atoms with E-state index in [9.17, 15) is 13.6 Å². The van der Waals surface area contributed by atoms with E-state index in [1.807, 2.05) is 0 Å². The molecule has 0 aliphatic rings. The van der Waals surface area contributed by atoms with Gasteiger partial charge < -0.3 is 10.8 Å². The van der Waals surface area contributed by atoms with Gasteiger partial charge in [0.1, 0.15) is 11.4 Å². The van der Waals surface area contributed by atoms with E-state index >= 15 is 0 Å². The van der Waals surface area contributed by atoms with Crippen molar-refractivity contribution in [3.05, 3.63) is 21.9 Å². The third-order valence-electron chi connectivity index (χ3n) is 1.48. The molecule has 76 valence electrons. The van der Waals surface area contributed by atoms with Crippen LogP contribution in [-0.2, 0) is 0 Å². The fraction of sp³-hybridized carbons (Fsp3) is 0.143. The highest BCUT2D eigenvalue weighted by molar-refractivity contribution is 9.10. The number of aromatic nitrogens is 1. The van der Waals surface area contributed by atoms with E-state index in [1.54, 1.807) is 0 Å². The molecule has 0 spiro atoms. The molecule has 3 N–H and O–H groups in total. The van der Waals surface area contributed by atoms with E-state index < -0.39 is 29.3 Å². The topological polar surface area (TPSA) is 76.2 Å². The molecule has 1 rings (SSSR count). The van der Waals surface area contributed by atoms with Crippen LogP contribution >= 0.6 is 15.9 Å². The first kappa shape index (κ1) is 10.8. The van der Waals surface area contributed by atoms with Gasteiger partial charge >= 0.3 is 0 Å². The second-order valence-electron chi connectivity index (χ2n) is 2.38. The molecular weight excluding hydrogens is 262 g/mol. The molecule has 1 aromatic rings. The van der Waals surface area contributed by atoms with Crippen LogP contribution in [0.2, 0.25) is 0 Å². The summed E-state index contributed by atoms with van der Waals surface area (Å²) in [6.07, 6.45) is -2.07. The Hall–Kier alpha value is -1.24. The van der Waals surface area contributed by atoms with Gasteiger partial charge in [-0.15, -0.1) is 0 Å². The minimum Gasteiger partial charge on any atom is -0.505 e. The van der Waals surface area contributed by atoms with Crippen LogP contribution in [-0.4, -0.2) is 16.0 Å². The Kier molecular flexibility index (Phi) is 3.00. The van der Waals surface area contributed by atoms with Gasteiger partial charge in [-0.25, -0.2) is 13.8 Å². The Bertz CT molecular complexity index is 384. The van der Waals surface area contributed by atoms with Crippen molar-refractivity contribution >= 4 is 21.8 Å². The maximum atomic E-state index is 12.4. The van der Waals surface area contributed by atoms with E-state index in [0.29, 0.717) is 0 Å². The Morgan fingerprint density at radius 3 is 2.64 bits per heavy atom. The smallest absolute Gasteiger partial charge is 0.267 e. The summed E-state index contributed by atoms with van der Waals surface area (Å²) in [5, 5.41) is 9.06. The highest BCUT2D eigenvalue weighted by Crippen LogP contribution is 2.35. The molecule has 0 atom stereocenters. The van der Waals surface area contributed by atoms with Crippen LogP contribution in [0.1, 0.15) is 22.5 Å². The first-order valence-corrected chi connectivity index (χ1v) is 4.19. The summed E-state index contributed by atoms with van der Waals surface area (Å²) in [6, 6.07) is 0. The van der Waals surface area contributed by atoms with Gasteiger partial charge in [0.25, 0.3) is 12.3 Å². The molecule has 0 bridgehead atoms. The van der Waals surface area contributed by atoms with Crippen LogP contribution < -0.4 is 5.73 Å². The summed E-state index contributed by atoms with van der Waals surface area (Å²) in [7, 11) is 0. The van der Waals surface area contributed by atoms with Gasteiger partial charge in [0.2, 0.25) is 0 Å². The zero-order chi connectivity index (χ0) is 10.9. The first-order valence-electron chi connectivity index (χ1n) is 3.40. The molecule has 0 aromatic carbocycles. The number of pyridine rings is 1. The molecule has 1 aromatic heterocycles. The van der Waals surface area contributed by atoms with Crippen molar-refractivity contribution in [2.45, 2.75) is 6.43 Å². The number of nitrogens with zero attached hydrogens (tertiary/aromatic N) is 1. The number of hydrogen-bond acceptors (Lipinski definition) is 3. The van der Waals surface area contributed by atoms with E-state index in [1.165, 1.54) is 0 Å². The largest absolute Gasteiger partial charge is 0.505 e. The third kappa shape index (κ3) is 1.82. The molecule has 0 unspecified atom stereocenters. The SMILES string of the molecule is NC(=O)c1ncc(O)c(Br)c1C(F)F. The Morgan fingerprint density at radius 1 is 1.64 bits per heavy atom. The van der Waals surface area contributed by atoms with E-state index in [4.69, 9.17) is 10.8 Å². The number of amides is 1. The van der Waals surface area contributed by atoms with Gasteiger partial charge in [-0.2, -0.15) is 0 Å². The van der Waals surface area contributed by atoms with Crippen LogP contribution in [0.5, 0.6) is 5.75 Å². The molecule has 0 saturated carbocycles. The van der Waals surface area contributed by atoms with Crippen molar-refractivity contribution in [3.8, 4) is 5.75 Å². The zero-order valence-electron chi connectivity index (χ0n) is 6.67. The highest BCUT2D eigenvalue weighted by Gasteiger charge is 2.23. The van der Waals surface area contributed by atoms with Crippen LogP contribution in [0, 0.1) is 0 Å². The fourth-order valence-electron chi connectivity index (χ4n) is 0.889. The number of primary amides is 1. The molecule has 4 nitrogen and oxygen atoms in total. The van der Waals surface area contributed by atoms with E-state index in [0.717, 1.165) is 6.20 Å². The molecule has 0 aliphatic carbocycles. The number of hydrogen-bond donors (Lipinski definition) is 2. The summed E-state index contributed by atoms with van der Waals surface area (Å²) in [6.45, 7) is 0. The number of carbonyl (C=O) groups is 1. The van der Waals surface area contributed by atoms with Gasteiger partial charge in [-0.3, -0.25) is 4.79 Å². The Morgan fingerprint density at radius 2 is 2.21 bits per heavy atom. The van der Waals surface area contributed by atoms with Crippen molar-refractivity contribution in [2.24, 2.45) is 5.73 Å². The Balaban J connectivity index is 3.45. The number of aromatic hydroxyl groups is 1. The van der Waals surface area contributed by atoms with E-state index in [-0.39, 0.29) is 4.47 Å². The average Bonchev–Trinajstić information content (AvgIpc) is 2.08. The Labute approximate surface area is 85.9 Å². The minimum absolute atomic E-state index is 0.267. The lowest BCUT2D eigenvalue weighted by Gasteiger charge is -2.08. The predicted molar refractivity (Wildman–Crippen MR) is 47.1 cm³/mol. The van der Waals surface area contributed by atoms with Gasteiger partial charge in [0.05, 0.1) is 16.2 Å². The molecule has 0 fully saturated rings. The zero-order valence-corrected chi connectivity index (χ0v) is 8.25. The summed E-state index contributed by atoms with van der Waals surface area (Å²) < 4.78 is 24.6. The lowest BCUT2D eigenvalue weighted by Crippen LogP contribution is -2.16. The number of nitrogens with two attached hydrogens (primary N) is 1. The second-order valence-corrected chi connectivity index (χ2v) is 3.18. The van der Waals surface area contributed by atoms with E-state index in [2.05, 4.69) is 20.9 Å². The molecular formula is C7H5BrF2N2O2.